The number of rotatable bonds is 5. The molecule has 4 heteroatoms. The SMILES string of the molecule is CC(N)(C(=O)N(CCO)C1CCCC1)C1CC1. The summed E-state index contributed by atoms with van der Waals surface area (Å²) >= 11 is 0. The molecule has 2 aliphatic carbocycles. The molecule has 0 aromatic carbocycles. The summed E-state index contributed by atoms with van der Waals surface area (Å²) in [5.74, 6) is 0.388. The average Bonchev–Trinajstić information content (AvgIpc) is 3.03. The summed E-state index contributed by atoms with van der Waals surface area (Å²) in [5.41, 5.74) is 5.47. The fraction of sp³-hybridized carbons (Fsp3) is 0.923. The average molecular weight is 240 g/mol. The first-order chi connectivity index (χ1) is 8.07. The second kappa shape index (κ2) is 4.94. The van der Waals surface area contributed by atoms with Crippen molar-refractivity contribution in [2.75, 3.05) is 13.2 Å². The number of hydrogen-bond donors (Lipinski definition) is 2. The zero-order chi connectivity index (χ0) is 12.5. The highest BCUT2D eigenvalue weighted by Gasteiger charge is 2.47. The number of aliphatic hydroxyl groups excluding tert-OH is 1. The van der Waals surface area contributed by atoms with E-state index in [1.807, 2.05) is 11.8 Å². The van der Waals surface area contributed by atoms with Crippen molar-refractivity contribution in [3.05, 3.63) is 0 Å². The molecule has 0 heterocycles. The lowest BCUT2D eigenvalue weighted by Gasteiger charge is -2.35. The van der Waals surface area contributed by atoms with Gasteiger partial charge in [-0.05, 0) is 38.5 Å². The smallest absolute Gasteiger partial charge is 0.242 e. The van der Waals surface area contributed by atoms with Gasteiger partial charge in [-0.2, -0.15) is 0 Å². The fourth-order valence-corrected chi connectivity index (χ4v) is 2.94. The van der Waals surface area contributed by atoms with Gasteiger partial charge in [0.2, 0.25) is 5.91 Å². The normalized spacial score (nSPS) is 24.6. The molecule has 0 radical (unpaired) electrons. The summed E-state index contributed by atoms with van der Waals surface area (Å²) in [6, 6.07) is 0.302. The lowest BCUT2D eigenvalue weighted by atomic mass is 9.94. The van der Waals surface area contributed by atoms with Crippen molar-refractivity contribution < 1.29 is 9.90 Å². The molecule has 1 unspecified atom stereocenters. The zero-order valence-corrected chi connectivity index (χ0v) is 10.7. The third kappa shape index (κ3) is 2.63. The van der Waals surface area contributed by atoms with E-state index in [0.29, 0.717) is 18.5 Å². The number of nitrogens with zero attached hydrogens (tertiary/aromatic N) is 1. The van der Waals surface area contributed by atoms with Gasteiger partial charge in [-0.15, -0.1) is 0 Å². The third-order valence-electron chi connectivity index (χ3n) is 4.25. The Morgan fingerprint density at radius 2 is 1.94 bits per heavy atom. The number of amides is 1. The minimum atomic E-state index is -0.724. The van der Waals surface area contributed by atoms with Gasteiger partial charge in [-0.3, -0.25) is 4.79 Å². The van der Waals surface area contributed by atoms with Crippen LogP contribution in [0.15, 0.2) is 0 Å². The van der Waals surface area contributed by atoms with Crippen LogP contribution in [0.4, 0.5) is 0 Å². The van der Waals surface area contributed by atoms with Crippen molar-refractivity contribution in [2.45, 2.75) is 57.0 Å². The molecule has 2 saturated carbocycles. The van der Waals surface area contributed by atoms with E-state index in [2.05, 4.69) is 0 Å². The number of nitrogens with two attached hydrogens (primary N) is 1. The maximum atomic E-state index is 12.5. The molecule has 0 aromatic rings. The van der Waals surface area contributed by atoms with Crippen LogP contribution in [0.3, 0.4) is 0 Å². The van der Waals surface area contributed by atoms with Gasteiger partial charge in [0, 0.05) is 12.6 Å². The molecular weight excluding hydrogens is 216 g/mol. The van der Waals surface area contributed by atoms with Gasteiger partial charge in [0.15, 0.2) is 0 Å². The monoisotopic (exact) mass is 240 g/mol. The van der Waals surface area contributed by atoms with Crippen molar-refractivity contribution >= 4 is 5.91 Å². The van der Waals surface area contributed by atoms with Crippen LogP contribution < -0.4 is 5.73 Å². The molecular formula is C13H24N2O2. The van der Waals surface area contributed by atoms with Gasteiger partial charge in [0.05, 0.1) is 12.1 Å². The van der Waals surface area contributed by atoms with E-state index in [1.165, 1.54) is 12.8 Å². The highest BCUT2D eigenvalue weighted by Crippen LogP contribution is 2.39. The van der Waals surface area contributed by atoms with Gasteiger partial charge < -0.3 is 15.7 Å². The van der Waals surface area contributed by atoms with E-state index in [4.69, 9.17) is 10.8 Å². The van der Waals surface area contributed by atoms with Gasteiger partial charge >= 0.3 is 0 Å². The van der Waals surface area contributed by atoms with Crippen molar-refractivity contribution in [1.82, 2.24) is 4.90 Å². The van der Waals surface area contributed by atoms with Crippen LogP contribution in [-0.4, -0.2) is 40.6 Å². The van der Waals surface area contributed by atoms with Crippen molar-refractivity contribution in [3.8, 4) is 0 Å². The van der Waals surface area contributed by atoms with Crippen molar-refractivity contribution in [1.29, 1.82) is 0 Å². The molecule has 0 aliphatic heterocycles. The summed E-state index contributed by atoms with van der Waals surface area (Å²) in [6.45, 7) is 2.32. The Balaban J connectivity index is 2.06. The number of hydrogen-bond acceptors (Lipinski definition) is 3. The van der Waals surface area contributed by atoms with Gasteiger partial charge in [-0.25, -0.2) is 0 Å². The van der Waals surface area contributed by atoms with E-state index >= 15 is 0 Å². The van der Waals surface area contributed by atoms with Crippen LogP contribution >= 0.6 is 0 Å². The molecule has 0 aromatic heterocycles. The van der Waals surface area contributed by atoms with Crippen molar-refractivity contribution in [3.63, 3.8) is 0 Å². The van der Waals surface area contributed by atoms with Gasteiger partial charge in [0.1, 0.15) is 0 Å². The zero-order valence-electron chi connectivity index (χ0n) is 10.7. The quantitative estimate of drug-likeness (QED) is 0.749. The molecule has 2 aliphatic rings. The Morgan fingerprint density at radius 3 is 2.41 bits per heavy atom. The first-order valence-corrected chi connectivity index (χ1v) is 6.78. The van der Waals surface area contributed by atoms with Crippen molar-refractivity contribution in [2.24, 2.45) is 11.7 Å². The maximum Gasteiger partial charge on any atom is 0.242 e. The largest absolute Gasteiger partial charge is 0.395 e. The number of aliphatic hydroxyl groups is 1. The van der Waals surface area contributed by atoms with Crippen LogP contribution in [0, 0.1) is 5.92 Å². The number of carbonyl (C=O) groups is 1. The Morgan fingerprint density at radius 1 is 1.35 bits per heavy atom. The van der Waals surface area contributed by atoms with Crippen LogP contribution in [0.1, 0.15) is 45.4 Å². The van der Waals surface area contributed by atoms with Crippen LogP contribution in [-0.2, 0) is 4.79 Å². The predicted octanol–water partition coefficient (Wildman–Crippen LogP) is 0.877. The Kier molecular flexibility index (Phi) is 3.73. The van der Waals surface area contributed by atoms with E-state index in [1.54, 1.807) is 0 Å². The number of carbonyl (C=O) groups excluding carboxylic acids is 1. The minimum Gasteiger partial charge on any atom is -0.395 e. The van der Waals surface area contributed by atoms with Crippen LogP contribution in [0.2, 0.25) is 0 Å². The molecule has 2 rings (SSSR count). The summed E-state index contributed by atoms with van der Waals surface area (Å²) in [6.07, 6.45) is 6.63. The van der Waals surface area contributed by atoms with Gasteiger partial charge in [-0.1, -0.05) is 12.8 Å². The molecule has 2 fully saturated rings. The first kappa shape index (κ1) is 12.8. The predicted molar refractivity (Wildman–Crippen MR) is 66.4 cm³/mol. The van der Waals surface area contributed by atoms with E-state index in [9.17, 15) is 4.79 Å². The standard InChI is InChI=1S/C13H24N2O2/c1-13(14,10-6-7-10)12(17)15(8-9-16)11-4-2-3-5-11/h10-11,16H,2-9,14H2,1H3. The molecule has 4 nitrogen and oxygen atoms in total. The summed E-state index contributed by atoms with van der Waals surface area (Å²) in [5, 5.41) is 9.13. The van der Waals surface area contributed by atoms with Crippen LogP contribution in [0.5, 0.6) is 0 Å². The molecule has 0 spiro atoms. The third-order valence-corrected chi connectivity index (χ3v) is 4.25. The molecule has 0 bridgehead atoms. The fourth-order valence-electron chi connectivity index (χ4n) is 2.94. The molecule has 1 amide bonds. The summed E-state index contributed by atoms with van der Waals surface area (Å²) in [7, 11) is 0. The Labute approximate surface area is 103 Å². The topological polar surface area (TPSA) is 66.6 Å². The van der Waals surface area contributed by atoms with Crippen LogP contribution in [0.25, 0.3) is 0 Å². The molecule has 0 saturated heterocycles. The second-order valence-electron chi connectivity index (χ2n) is 5.72. The second-order valence-corrected chi connectivity index (χ2v) is 5.72. The molecule has 3 N–H and O–H groups in total. The van der Waals surface area contributed by atoms with E-state index in [0.717, 1.165) is 25.7 Å². The summed E-state index contributed by atoms with van der Waals surface area (Å²) < 4.78 is 0. The first-order valence-electron chi connectivity index (χ1n) is 6.78. The van der Waals surface area contributed by atoms with E-state index in [-0.39, 0.29) is 12.5 Å². The Hall–Kier alpha value is -0.610. The summed E-state index contributed by atoms with van der Waals surface area (Å²) in [4.78, 5) is 14.4. The van der Waals surface area contributed by atoms with Gasteiger partial charge in [0.25, 0.3) is 0 Å². The molecule has 98 valence electrons. The highest BCUT2D eigenvalue weighted by molar-refractivity contribution is 5.86. The lowest BCUT2D eigenvalue weighted by molar-refractivity contribution is -0.140. The Bertz CT molecular complexity index is 281. The molecule has 17 heavy (non-hydrogen) atoms. The highest BCUT2D eigenvalue weighted by atomic mass is 16.3. The maximum absolute atomic E-state index is 12.5. The minimum absolute atomic E-state index is 0.0307. The lowest BCUT2D eigenvalue weighted by Crippen LogP contribution is -2.57. The molecule has 1 atom stereocenters. The van der Waals surface area contributed by atoms with E-state index < -0.39 is 5.54 Å².